The first-order valence-electron chi connectivity index (χ1n) is 8.39. The van der Waals surface area contributed by atoms with Crippen LogP contribution in [-0.2, 0) is 9.47 Å². The van der Waals surface area contributed by atoms with E-state index in [1.54, 1.807) is 6.07 Å². The highest BCUT2D eigenvalue weighted by atomic mass is 16.6. The largest absolute Gasteiger partial charge is 0.381 e. The Balaban J connectivity index is 1.67. The van der Waals surface area contributed by atoms with Gasteiger partial charge in [-0.2, -0.15) is 0 Å². The lowest BCUT2D eigenvalue weighted by molar-refractivity contribution is -0.385. The molecule has 2 aliphatic heterocycles. The second kappa shape index (κ2) is 7.87. The zero-order valence-corrected chi connectivity index (χ0v) is 13.9. The Morgan fingerprint density at radius 1 is 1.42 bits per heavy atom. The average Bonchev–Trinajstić information content (AvgIpc) is 3.11. The molecule has 132 valence electrons. The first-order valence-corrected chi connectivity index (χ1v) is 8.39. The fraction of sp³-hybridized carbons (Fsp3) is 0.688. The Morgan fingerprint density at radius 3 is 2.83 bits per heavy atom. The second-order valence-electron chi connectivity index (χ2n) is 6.34. The van der Waals surface area contributed by atoms with Gasteiger partial charge < -0.3 is 14.8 Å². The predicted octanol–water partition coefficient (Wildman–Crippen LogP) is 1.45. The summed E-state index contributed by atoms with van der Waals surface area (Å²) < 4.78 is 11.0. The van der Waals surface area contributed by atoms with Crippen molar-refractivity contribution in [3.05, 3.63) is 27.9 Å². The van der Waals surface area contributed by atoms with Crippen LogP contribution in [0.15, 0.2) is 12.3 Å². The molecule has 1 N–H and O–H groups in total. The van der Waals surface area contributed by atoms with Gasteiger partial charge in [-0.05, 0) is 18.9 Å². The van der Waals surface area contributed by atoms with E-state index in [4.69, 9.17) is 9.47 Å². The lowest BCUT2D eigenvalue weighted by Gasteiger charge is -2.37. The van der Waals surface area contributed by atoms with Gasteiger partial charge in [0.2, 0.25) is 0 Å². The van der Waals surface area contributed by atoms with Gasteiger partial charge in [0.25, 0.3) is 5.69 Å². The summed E-state index contributed by atoms with van der Waals surface area (Å²) in [6.45, 7) is 7.57. The monoisotopic (exact) mass is 336 g/mol. The average molecular weight is 336 g/mol. The number of hydrogen-bond donors (Lipinski definition) is 1. The van der Waals surface area contributed by atoms with E-state index in [1.807, 2.05) is 6.92 Å². The van der Waals surface area contributed by atoms with Crippen LogP contribution in [0, 0.1) is 23.0 Å². The van der Waals surface area contributed by atoms with Crippen LogP contribution >= 0.6 is 0 Å². The highest BCUT2D eigenvalue weighted by Gasteiger charge is 2.31. The molecule has 8 nitrogen and oxygen atoms in total. The van der Waals surface area contributed by atoms with Gasteiger partial charge in [-0.15, -0.1) is 0 Å². The molecule has 0 bridgehead atoms. The molecular weight excluding hydrogens is 312 g/mol. The van der Waals surface area contributed by atoms with Crippen LogP contribution in [0.2, 0.25) is 0 Å². The molecule has 0 aromatic carbocycles. The van der Waals surface area contributed by atoms with Crippen LogP contribution < -0.4 is 5.32 Å². The Bertz CT molecular complexity index is 571. The van der Waals surface area contributed by atoms with Crippen molar-refractivity contribution >= 4 is 11.5 Å². The fourth-order valence-corrected chi connectivity index (χ4v) is 3.41. The van der Waals surface area contributed by atoms with Crippen molar-refractivity contribution in [3.63, 3.8) is 0 Å². The lowest BCUT2D eigenvalue weighted by atomic mass is 9.97. The maximum absolute atomic E-state index is 10.8. The molecule has 0 aliphatic carbocycles. The number of ether oxygens (including phenoxy) is 2. The minimum Gasteiger partial charge on any atom is -0.381 e. The molecule has 2 fully saturated rings. The number of hydrogen-bond acceptors (Lipinski definition) is 7. The third-order valence-electron chi connectivity index (χ3n) is 4.78. The molecule has 2 saturated heterocycles. The number of nitro groups is 1. The summed E-state index contributed by atoms with van der Waals surface area (Å²) in [6.07, 6.45) is 2.37. The fourth-order valence-electron chi connectivity index (χ4n) is 3.41. The maximum atomic E-state index is 10.8. The zero-order chi connectivity index (χ0) is 16.9. The number of aryl methyl sites for hydroxylation is 1. The molecule has 1 aromatic rings. The Labute approximate surface area is 141 Å². The Morgan fingerprint density at radius 2 is 2.21 bits per heavy atom. The van der Waals surface area contributed by atoms with Crippen LogP contribution in [-0.4, -0.2) is 66.9 Å². The van der Waals surface area contributed by atoms with Gasteiger partial charge in [-0.25, -0.2) is 4.98 Å². The Kier molecular flexibility index (Phi) is 5.60. The van der Waals surface area contributed by atoms with Crippen LogP contribution in [0.5, 0.6) is 0 Å². The van der Waals surface area contributed by atoms with Gasteiger partial charge in [0.15, 0.2) is 0 Å². The number of nitrogens with zero attached hydrogens (tertiary/aromatic N) is 3. The molecule has 3 rings (SSSR count). The molecule has 2 unspecified atom stereocenters. The second-order valence-corrected chi connectivity index (χ2v) is 6.34. The predicted molar refractivity (Wildman–Crippen MR) is 89.2 cm³/mol. The number of nitrogens with one attached hydrogen (secondary N) is 1. The van der Waals surface area contributed by atoms with Crippen molar-refractivity contribution in [2.45, 2.75) is 19.4 Å². The number of pyridine rings is 1. The molecule has 3 heterocycles. The number of morpholine rings is 1. The van der Waals surface area contributed by atoms with E-state index in [1.165, 1.54) is 6.20 Å². The molecule has 0 saturated carbocycles. The molecule has 24 heavy (non-hydrogen) atoms. The van der Waals surface area contributed by atoms with E-state index in [0.29, 0.717) is 17.8 Å². The molecule has 8 heteroatoms. The van der Waals surface area contributed by atoms with Gasteiger partial charge in [0, 0.05) is 44.3 Å². The third-order valence-corrected chi connectivity index (χ3v) is 4.78. The summed E-state index contributed by atoms with van der Waals surface area (Å²) in [4.78, 5) is 17.1. The van der Waals surface area contributed by atoms with Gasteiger partial charge in [0.05, 0.1) is 24.7 Å². The minimum atomic E-state index is -0.420. The van der Waals surface area contributed by atoms with Crippen LogP contribution in [0.25, 0.3) is 0 Å². The summed E-state index contributed by atoms with van der Waals surface area (Å²) in [5.41, 5.74) is 0.805. The third kappa shape index (κ3) is 4.00. The highest BCUT2D eigenvalue weighted by molar-refractivity contribution is 5.48. The topological polar surface area (TPSA) is 89.8 Å². The van der Waals surface area contributed by atoms with Crippen molar-refractivity contribution in [2.75, 3.05) is 51.4 Å². The van der Waals surface area contributed by atoms with Crippen LogP contribution in [0.1, 0.15) is 12.0 Å². The quantitative estimate of drug-likeness (QED) is 0.621. The molecule has 1 aromatic heterocycles. The van der Waals surface area contributed by atoms with Crippen molar-refractivity contribution in [1.29, 1.82) is 0 Å². The first-order chi connectivity index (χ1) is 11.6. The van der Waals surface area contributed by atoms with Crippen molar-refractivity contribution < 1.29 is 14.4 Å². The number of anilines is 1. The smallest absolute Gasteiger partial charge is 0.287 e. The minimum absolute atomic E-state index is 0.0203. The van der Waals surface area contributed by atoms with Gasteiger partial charge >= 0.3 is 0 Å². The van der Waals surface area contributed by atoms with E-state index < -0.39 is 4.92 Å². The maximum Gasteiger partial charge on any atom is 0.287 e. The summed E-state index contributed by atoms with van der Waals surface area (Å²) in [5.74, 6) is 1.20. The molecule has 0 amide bonds. The van der Waals surface area contributed by atoms with Crippen molar-refractivity contribution in [3.8, 4) is 0 Å². The van der Waals surface area contributed by atoms with Crippen LogP contribution in [0.3, 0.4) is 0 Å². The van der Waals surface area contributed by atoms with E-state index in [9.17, 15) is 10.1 Å². The van der Waals surface area contributed by atoms with E-state index in [2.05, 4.69) is 15.2 Å². The van der Waals surface area contributed by atoms with Crippen LogP contribution in [0.4, 0.5) is 11.5 Å². The van der Waals surface area contributed by atoms with Crippen molar-refractivity contribution in [2.24, 2.45) is 5.92 Å². The summed E-state index contributed by atoms with van der Waals surface area (Å²) in [5, 5.41) is 14.2. The SMILES string of the molecule is Cc1cc([N+](=O)[O-])cnc1NCC(C1CCOC1)N1CCOCC1. The van der Waals surface area contributed by atoms with Gasteiger partial charge in [-0.3, -0.25) is 15.0 Å². The summed E-state index contributed by atoms with van der Waals surface area (Å²) in [7, 11) is 0. The van der Waals surface area contributed by atoms with E-state index >= 15 is 0 Å². The van der Waals surface area contributed by atoms with Gasteiger partial charge in [0.1, 0.15) is 12.0 Å². The van der Waals surface area contributed by atoms with E-state index in [0.717, 1.165) is 58.0 Å². The zero-order valence-electron chi connectivity index (χ0n) is 13.9. The summed E-state index contributed by atoms with van der Waals surface area (Å²) >= 11 is 0. The summed E-state index contributed by atoms with van der Waals surface area (Å²) in [6, 6.07) is 1.91. The lowest BCUT2D eigenvalue weighted by Crippen LogP contribution is -2.50. The number of aromatic nitrogens is 1. The molecule has 0 radical (unpaired) electrons. The normalized spacial score (nSPS) is 23.1. The molecular formula is C16H24N4O4. The Hall–Kier alpha value is -1.77. The van der Waals surface area contributed by atoms with Gasteiger partial charge in [-0.1, -0.05) is 0 Å². The standard InChI is InChI=1S/C16H24N4O4/c1-12-8-14(20(21)22)9-17-16(12)18-10-15(13-2-5-24-11-13)19-3-6-23-7-4-19/h8-9,13,15H,2-7,10-11H2,1H3,(H,17,18). The molecule has 2 atom stereocenters. The first kappa shape index (κ1) is 17.1. The molecule has 0 spiro atoms. The molecule has 2 aliphatic rings. The highest BCUT2D eigenvalue weighted by Crippen LogP contribution is 2.24. The van der Waals surface area contributed by atoms with Crippen molar-refractivity contribution in [1.82, 2.24) is 9.88 Å². The number of rotatable bonds is 6. The van der Waals surface area contributed by atoms with E-state index in [-0.39, 0.29) is 5.69 Å².